The first-order valence-electron chi connectivity index (χ1n) is 5.05. The highest BCUT2D eigenvalue weighted by Crippen LogP contribution is 2.15. The second-order valence-corrected chi connectivity index (χ2v) is 3.49. The van der Waals surface area contributed by atoms with Crippen LogP contribution in [0.3, 0.4) is 0 Å². The molecule has 7 heteroatoms. The van der Waals surface area contributed by atoms with Crippen molar-refractivity contribution >= 4 is 17.0 Å². The Bertz CT molecular complexity index is 613. The summed E-state index contributed by atoms with van der Waals surface area (Å²) >= 11 is 0. The number of nitrogens with zero attached hydrogens (tertiary/aromatic N) is 4. The number of hydrogen-bond donors (Lipinski definition) is 1. The molecule has 0 aromatic carbocycles. The minimum atomic E-state index is -0.414. The van der Waals surface area contributed by atoms with Gasteiger partial charge in [-0.05, 0) is 0 Å². The number of rotatable bonds is 4. The highest BCUT2D eigenvalue weighted by Gasteiger charge is 2.11. The molecule has 0 aliphatic carbocycles. The normalized spacial score (nSPS) is 10.6. The summed E-state index contributed by atoms with van der Waals surface area (Å²) in [4.78, 5) is 19.3. The molecule has 2 aromatic heterocycles. The Morgan fingerprint density at radius 2 is 2.41 bits per heavy atom. The van der Waals surface area contributed by atoms with E-state index in [0.29, 0.717) is 30.1 Å². The van der Waals surface area contributed by atoms with Crippen LogP contribution in [0.1, 0.15) is 0 Å². The SMILES string of the molecule is C=COCCn1cnc2nc(=O)n(C)c(N)c21. The predicted octanol–water partition coefficient (Wildman–Crippen LogP) is -0.128. The lowest BCUT2D eigenvalue weighted by Gasteiger charge is -2.07. The van der Waals surface area contributed by atoms with E-state index in [2.05, 4.69) is 16.5 Å². The van der Waals surface area contributed by atoms with E-state index in [0.717, 1.165) is 0 Å². The van der Waals surface area contributed by atoms with Crippen molar-refractivity contribution in [3.63, 3.8) is 0 Å². The molecule has 0 aliphatic heterocycles. The summed E-state index contributed by atoms with van der Waals surface area (Å²) < 4.78 is 8.11. The topological polar surface area (TPSA) is 88.0 Å². The monoisotopic (exact) mass is 235 g/mol. The predicted molar refractivity (Wildman–Crippen MR) is 63.3 cm³/mol. The van der Waals surface area contributed by atoms with Crippen LogP contribution in [0.25, 0.3) is 11.2 Å². The molecule has 0 aliphatic rings. The van der Waals surface area contributed by atoms with Gasteiger partial charge in [0, 0.05) is 7.05 Å². The molecule has 0 atom stereocenters. The van der Waals surface area contributed by atoms with Crippen molar-refractivity contribution in [1.29, 1.82) is 0 Å². The molecule has 2 heterocycles. The number of nitrogen functional groups attached to an aromatic ring is 1. The van der Waals surface area contributed by atoms with E-state index in [1.807, 2.05) is 0 Å². The van der Waals surface area contributed by atoms with Crippen LogP contribution in [0, 0.1) is 0 Å². The second kappa shape index (κ2) is 4.28. The number of aromatic nitrogens is 4. The van der Waals surface area contributed by atoms with E-state index >= 15 is 0 Å². The van der Waals surface area contributed by atoms with Gasteiger partial charge in [0.2, 0.25) is 0 Å². The smallest absolute Gasteiger partial charge is 0.351 e. The number of nitrogens with two attached hydrogens (primary N) is 1. The molecule has 0 radical (unpaired) electrons. The van der Waals surface area contributed by atoms with Crippen molar-refractivity contribution in [1.82, 2.24) is 19.1 Å². The number of ether oxygens (including phenoxy) is 1. The van der Waals surface area contributed by atoms with Crippen molar-refractivity contribution < 1.29 is 4.74 Å². The van der Waals surface area contributed by atoms with E-state index in [9.17, 15) is 4.79 Å². The number of hydrogen-bond acceptors (Lipinski definition) is 5. The first-order valence-corrected chi connectivity index (χ1v) is 5.05. The van der Waals surface area contributed by atoms with Gasteiger partial charge in [0.25, 0.3) is 0 Å². The third-order valence-corrected chi connectivity index (χ3v) is 2.48. The van der Waals surface area contributed by atoms with Crippen LogP contribution in [-0.2, 0) is 18.3 Å². The van der Waals surface area contributed by atoms with Gasteiger partial charge in [-0.15, -0.1) is 0 Å². The lowest BCUT2D eigenvalue weighted by Crippen LogP contribution is -2.23. The minimum Gasteiger partial charge on any atom is -0.500 e. The minimum absolute atomic E-state index is 0.344. The molecule has 0 bridgehead atoms. The molecule has 2 N–H and O–H groups in total. The van der Waals surface area contributed by atoms with Gasteiger partial charge in [0.05, 0.1) is 19.1 Å². The second-order valence-electron chi connectivity index (χ2n) is 3.49. The van der Waals surface area contributed by atoms with Crippen LogP contribution in [-0.4, -0.2) is 25.7 Å². The van der Waals surface area contributed by atoms with E-state index in [-0.39, 0.29) is 0 Å². The third kappa shape index (κ3) is 1.86. The fraction of sp³-hybridized carbons (Fsp3) is 0.300. The molecular formula is C10H13N5O2. The Hall–Kier alpha value is -2.31. The maximum atomic E-state index is 11.4. The van der Waals surface area contributed by atoms with Gasteiger partial charge in [0.1, 0.15) is 17.9 Å². The first-order chi connectivity index (χ1) is 8.15. The molecule has 0 unspecified atom stereocenters. The average molecular weight is 235 g/mol. The fourth-order valence-electron chi connectivity index (χ4n) is 1.55. The molecule has 7 nitrogen and oxygen atoms in total. The summed E-state index contributed by atoms with van der Waals surface area (Å²) in [6.45, 7) is 4.47. The molecule has 2 rings (SSSR count). The van der Waals surface area contributed by atoms with Crippen LogP contribution in [0.15, 0.2) is 24.0 Å². The summed E-state index contributed by atoms with van der Waals surface area (Å²) in [5, 5.41) is 0. The Labute approximate surface area is 97.2 Å². The van der Waals surface area contributed by atoms with Crippen molar-refractivity contribution in [2.45, 2.75) is 6.54 Å². The van der Waals surface area contributed by atoms with Crippen molar-refractivity contribution in [3.05, 3.63) is 29.7 Å². The molecule has 17 heavy (non-hydrogen) atoms. The first kappa shape index (κ1) is 11.2. The van der Waals surface area contributed by atoms with E-state index < -0.39 is 5.69 Å². The largest absolute Gasteiger partial charge is 0.500 e. The zero-order valence-electron chi connectivity index (χ0n) is 9.46. The van der Waals surface area contributed by atoms with Gasteiger partial charge in [-0.25, -0.2) is 9.78 Å². The Morgan fingerprint density at radius 3 is 3.12 bits per heavy atom. The molecule has 0 saturated heterocycles. The van der Waals surface area contributed by atoms with Crippen LogP contribution in [0.4, 0.5) is 5.82 Å². The highest BCUT2D eigenvalue weighted by atomic mass is 16.5. The molecule has 0 amide bonds. The maximum absolute atomic E-state index is 11.4. The van der Waals surface area contributed by atoms with E-state index in [4.69, 9.17) is 10.5 Å². The van der Waals surface area contributed by atoms with Crippen molar-refractivity contribution in [2.75, 3.05) is 12.3 Å². The Balaban J connectivity index is 2.48. The van der Waals surface area contributed by atoms with Crippen LogP contribution < -0.4 is 11.4 Å². The molecule has 0 fully saturated rings. The van der Waals surface area contributed by atoms with Gasteiger partial charge >= 0.3 is 5.69 Å². The summed E-state index contributed by atoms with van der Waals surface area (Å²) in [6.07, 6.45) is 2.95. The van der Waals surface area contributed by atoms with E-state index in [1.54, 1.807) is 17.9 Å². The van der Waals surface area contributed by atoms with Gasteiger partial charge < -0.3 is 15.0 Å². The van der Waals surface area contributed by atoms with Crippen molar-refractivity contribution in [3.8, 4) is 0 Å². The fourth-order valence-corrected chi connectivity index (χ4v) is 1.55. The molecule has 2 aromatic rings. The van der Waals surface area contributed by atoms with Gasteiger partial charge in [-0.3, -0.25) is 4.57 Å². The average Bonchev–Trinajstić information content (AvgIpc) is 2.70. The van der Waals surface area contributed by atoms with Crippen LogP contribution >= 0.6 is 0 Å². The molecular weight excluding hydrogens is 222 g/mol. The maximum Gasteiger partial charge on any atom is 0.351 e. The Morgan fingerprint density at radius 1 is 1.65 bits per heavy atom. The molecule has 0 saturated carbocycles. The molecule has 90 valence electrons. The summed E-state index contributed by atoms with van der Waals surface area (Å²) in [5.41, 5.74) is 6.45. The summed E-state index contributed by atoms with van der Waals surface area (Å²) in [5.74, 6) is 0.344. The zero-order valence-corrected chi connectivity index (χ0v) is 9.46. The van der Waals surface area contributed by atoms with E-state index in [1.165, 1.54) is 10.8 Å². The standard InChI is InChI=1S/C10H13N5O2/c1-3-17-5-4-15-6-12-9-7(15)8(11)14(2)10(16)13-9/h3,6H,1,4-5,11H2,2H3. The Kier molecular flexibility index (Phi) is 2.82. The van der Waals surface area contributed by atoms with Gasteiger partial charge in [-0.2, -0.15) is 4.98 Å². The van der Waals surface area contributed by atoms with Gasteiger partial charge in [-0.1, -0.05) is 6.58 Å². The lowest BCUT2D eigenvalue weighted by atomic mass is 10.4. The lowest BCUT2D eigenvalue weighted by molar-refractivity contribution is 0.237. The van der Waals surface area contributed by atoms with Crippen molar-refractivity contribution in [2.24, 2.45) is 7.05 Å². The number of fused-ring (bicyclic) bond motifs is 1. The van der Waals surface area contributed by atoms with Gasteiger partial charge in [0.15, 0.2) is 5.65 Å². The third-order valence-electron chi connectivity index (χ3n) is 2.48. The quantitative estimate of drug-likeness (QED) is 0.589. The zero-order chi connectivity index (χ0) is 12.4. The van der Waals surface area contributed by atoms with Crippen LogP contribution in [0.2, 0.25) is 0 Å². The highest BCUT2D eigenvalue weighted by molar-refractivity contribution is 5.81. The summed E-state index contributed by atoms with van der Waals surface area (Å²) in [6, 6.07) is 0. The molecule has 0 spiro atoms. The number of imidazole rings is 1. The van der Waals surface area contributed by atoms with Crippen LogP contribution in [0.5, 0.6) is 0 Å². The number of anilines is 1. The summed E-state index contributed by atoms with van der Waals surface area (Å²) in [7, 11) is 1.57.